The highest BCUT2D eigenvalue weighted by molar-refractivity contribution is 6.12. The Bertz CT molecular complexity index is 3560. The average molecular weight is 1300 g/mol. The zero-order chi connectivity index (χ0) is 66.7. The maximum atomic E-state index is 14.8. The van der Waals surface area contributed by atoms with Crippen molar-refractivity contribution >= 4 is 69.9 Å². The number of ether oxygens (including phenoxy) is 7. The van der Waals surface area contributed by atoms with Crippen LogP contribution in [0.15, 0.2) is 103 Å². The van der Waals surface area contributed by atoms with E-state index in [2.05, 4.69) is 51.8 Å². The summed E-state index contributed by atoms with van der Waals surface area (Å²) in [5, 5.41) is 16.9. The number of primary amides is 1. The number of halogens is 3. The molecule has 27 nitrogen and oxygen atoms in total. The number of carbonyl (C=O) groups is 8. The molecule has 0 radical (unpaired) electrons. The van der Waals surface area contributed by atoms with Crippen LogP contribution in [-0.2, 0) is 65.5 Å². The minimum Gasteiger partial charge on any atom is -0.490 e. The number of imidazole rings is 1. The third-order valence-corrected chi connectivity index (χ3v) is 13.8. The van der Waals surface area contributed by atoms with Crippen LogP contribution < -0.4 is 42.4 Å². The number of alkyl halides is 2. The van der Waals surface area contributed by atoms with Gasteiger partial charge in [-0.15, -0.1) is 0 Å². The lowest BCUT2D eigenvalue weighted by Crippen LogP contribution is -2.54. The molecule has 8 amide bonds. The highest BCUT2D eigenvalue weighted by Gasteiger charge is 2.29. The number of alkyl carbamates (subject to hydrolysis) is 1. The standard InChI is InChI=1S/C63H73F3N12O15/c1-38(2)55(77-52(79)19-23-88-26-28-90-30-31-91-29-27-89-25-22-78-53(80)17-18-54(78)81)60(83)74-49(8-5-20-68-62(67)85)59(82)72-43-13-9-39(10-14-43)37-93-63(86)69-21-24-92-44-33-42-32-40(12-16-46(42)70-35-44)56-57(47-6-4-7-48(73-47)58(65)66)76-51(75-56)36-71-50-34-41(61(84)87-3)11-15-45(50)64/h4,6-7,9-18,32-35,38,49,55,58,71H,5,8,19-31,36-37H2,1-3H3,(H,69,86)(H,72,82)(H,74,83)(H,75,76)(H,77,79)(H3,67,68,85)/t49-,55?/m0/s1. The molecule has 9 N–H and O–H groups in total. The molecular weight excluding hydrogens is 1220 g/mol. The number of H-pyrrole nitrogens is 1. The topological polar surface area (TPSA) is 357 Å². The minimum atomic E-state index is -2.85. The normalized spacial score (nSPS) is 12.6. The zero-order valence-corrected chi connectivity index (χ0v) is 51.3. The predicted octanol–water partition coefficient (Wildman–Crippen LogP) is 5.86. The molecule has 93 heavy (non-hydrogen) atoms. The van der Waals surface area contributed by atoms with Crippen molar-refractivity contribution in [2.75, 3.05) is 96.8 Å². The molecular formula is C63H73F3N12O15. The number of nitrogens with two attached hydrogens (primary N) is 1. The molecule has 3 aromatic heterocycles. The van der Waals surface area contributed by atoms with E-state index in [0.717, 1.165) is 11.0 Å². The number of urea groups is 1. The lowest BCUT2D eigenvalue weighted by molar-refractivity contribution is -0.137. The fourth-order valence-electron chi connectivity index (χ4n) is 9.03. The number of imide groups is 1. The summed E-state index contributed by atoms with van der Waals surface area (Å²) in [7, 11) is 1.21. The van der Waals surface area contributed by atoms with Crippen LogP contribution in [0.4, 0.5) is 34.1 Å². The number of carbonyl (C=O) groups excluding carboxylic acids is 8. The van der Waals surface area contributed by atoms with Crippen molar-refractivity contribution in [2.45, 2.75) is 64.8 Å². The van der Waals surface area contributed by atoms with Crippen LogP contribution in [0.3, 0.4) is 0 Å². The number of rotatable bonds is 38. The summed E-state index contributed by atoms with van der Waals surface area (Å²) in [6.07, 6.45) is 0.642. The highest BCUT2D eigenvalue weighted by atomic mass is 19.3. The number of nitrogens with zero attached hydrogens (tertiary/aromatic N) is 4. The van der Waals surface area contributed by atoms with Crippen LogP contribution in [0, 0.1) is 11.7 Å². The molecule has 0 saturated carbocycles. The third-order valence-electron chi connectivity index (χ3n) is 13.8. The van der Waals surface area contributed by atoms with Gasteiger partial charge in [0.1, 0.15) is 54.1 Å². The van der Waals surface area contributed by atoms with E-state index >= 15 is 0 Å². The predicted molar refractivity (Wildman–Crippen MR) is 331 cm³/mol. The third kappa shape index (κ3) is 22.4. The molecule has 0 spiro atoms. The van der Waals surface area contributed by atoms with E-state index in [1.165, 1.54) is 49.7 Å². The summed E-state index contributed by atoms with van der Waals surface area (Å²) < 4.78 is 80.3. The Morgan fingerprint density at radius 2 is 1.46 bits per heavy atom. The van der Waals surface area contributed by atoms with Crippen LogP contribution in [0.1, 0.15) is 67.0 Å². The molecule has 2 atom stereocenters. The molecule has 0 saturated heterocycles. The smallest absolute Gasteiger partial charge is 0.407 e. The summed E-state index contributed by atoms with van der Waals surface area (Å²) >= 11 is 0. The Kier molecular flexibility index (Phi) is 27.3. The maximum absolute atomic E-state index is 14.8. The van der Waals surface area contributed by atoms with Gasteiger partial charge in [-0.25, -0.2) is 37.5 Å². The summed E-state index contributed by atoms with van der Waals surface area (Å²) in [6.45, 7) is 5.45. The number of nitrogens with one attached hydrogen (secondary N) is 7. The number of methoxy groups -OCH3 is 1. The minimum absolute atomic E-state index is 0.000505. The first-order valence-corrected chi connectivity index (χ1v) is 29.6. The van der Waals surface area contributed by atoms with Crippen LogP contribution in [0.2, 0.25) is 0 Å². The van der Waals surface area contributed by atoms with E-state index in [9.17, 15) is 51.5 Å². The van der Waals surface area contributed by atoms with Crippen molar-refractivity contribution in [1.82, 2.24) is 46.1 Å². The Balaban J connectivity index is 0.830. The largest absolute Gasteiger partial charge is 0.490 e. The molecule has 3 aromatic carbocycles. The number of esters is 1. The molecule has 0 aliphatic carbocycles. The summed E-state index contributed by atoms with van der Waals surface area (Å²) in [5.41, 5.74) is 7.79. The number of aromatic nitrogens is 4. The number of benzene rings is 3. The van der Waals surface area contributed by atoms with Crippen molar-refractivity contribution in [3.63, 3.8) is 0 Å². The van der Waals surface area contributed by atoms with Crippen molar-refractivity contribution in [3.8, 4) is 28.4 Å². The molecule has 0 fully saturated rings. The highest BCUT2D eigenvalue weighted by Crippen LogP contribution is 2.33. The molecule has 496 valence electrons. The van der Waals surface area contributed by atoms with Gasteiger partial charge in [0.25, 0.3) is 18.2 Å². The second-order valence-electron chi connectivity index (χ2n) is 21.0. The zero-order valence-electron chi connectivity index (χ0n) is 51.3. The van der Waals surface area contributed by atoms with E-state index in [1.807, 2.05) is 0 Å². The van der Waals surface area contributed by atoms with Crippen LogP contribution in [0.5, 0.6) is 5.75 Å². The number of aromatic amines is 1. The lowest BCUT2D eigenvalue weighted by Gasteiger charge is -2.25. The molecule has 4 heterocycles. The van der Waals surface area contributed by atoms with Gasteiger partial charge in [0.2, 0.25) is 17.7 Å². The Morgan fingerprint density at radius 3 is 2.15 bits per heavy atom. The Hall–Kier alpha value is -10.0. The van der Waals surface area contributed by atoms with Gasteiger partial charge in [-0.3, -0.25) is 33.9 Å². The monoisotopic (exact) mass is 1290 g/mol. The molecule has 1 unspecified atom stereocenters. The average Bonchev–Trinajstić information content (AvgIpc) is 1.72. The fourth-order valence-corrected chi connectivity index (χ4v) is 9.03. The van der Waals surface area contributed by atoms with Crippen molar-refractivity contribution in [3.05, 3.63) is 132 Å². The van der Waals surface area contributed by atoms with Gasteiger partial charge < -0.3 is 75.8 Å². The number of hydrogen-bond donors (Lipinski definition) is 8. The van der Waals surface area contributed by atoms with Gasteiger partial charge in [0.15, 0.2) is 0 Å². The second-order valence-corrected chi connectivity index (χ2v) is 21.0. The first-order valence-electron chi connectivity index (χ1n) is 29.6. The van der Waals surface area contributed by atoms with Gasteiger partial charge in [-0.2, -0.15) is 0 Å². The molecule has 0 bridgehead atoms. The molecule has 30 heteroatoms. The second kappa shape index (κ2) is 36.1. The Labute approximate surface area is 532 Å². The quantitative estimate of drug-likeness (QED) is 0.0128. The summed E-state index contributed by atoms with van der Waals surface area (Å²) in [4.78, 5) is 117. The lowest BCUT2D eigenvalue weighted by atomic mass is 10.0. The van der Waals surface area contributed by atoms with Gasteiger partial charge in [-0.05, 0) is 85.0 Å². The van der Waals surface area contributed by atoms with Gasteiger partial charge in [0, 0.05) is 41.8 Å². The summed E-state index contributed by atoms with van der Waals surface area (Å²) in [5.74, 6) is -3.40. The van der Waals surface area contributed by atoms with Crippen molar-refractivity contribution < 1.29 is 84.7 Å². The van der Waals surface area contributed by atoms with Crippen molar-refractivity contribution in [2.24, 2.45) is 11.7 Å². The number of amides is 8. The van der Waals surface area contributed by atoms with Gasteiger partial charge >= 0.3 is 18.1 Å². The van der Waals surface area contributed by atoms with Crippen LogP contribution >= 0.6 is 0 Å². The maximum Gasteiger partial charge on any atom is 0.407 e. The number of anilines is 2. The number of fused-ring (bicyclic) bond motifs is 1. The van der Waals surface area contributed by atoms with E-state index < -0.39 is 65.8 Å². The molecule has 1 aliphatic heterocycles. The SMILES string of the molecule is COC(=O)c1ccc(F)c(NCc2nc(-c3cccc(C(F)F)n3)c(-c3ccc4ncc(OCCNC(=O)OCc5ccc(NC(=O)[C@H](CCCNC(N)=O)NC(=O)C(NC(=O)CCOCCOCCOCCOCCN6C(=O)C=CC6=O)C(C)C)cc5)cc4c3)[nH]2)c1. The number of hydrogen-bond acceptors (Lipinski definition) is 19. The van der Waals surface area contributed by atoms with Crippen LogP contribution in [-0.4, -0.2) is 171 Å². The van der Waals surface area contributed by atoms with Gasteiger partial charge in [-0.1, -0.05) is 38.1 Å². The Morgan fingerprint density at radius 1 is 0.753 bits per heavy atom. The molecule has 7 rings (SSSR count). The van der Waals surface area contributed by atoms with Crippen molar-refractivity contribution in [1.29, 1.82) is 0 Å². The summed E-state index contributed by atoms with van der Waals surface area (Å²) in [6, 6.07) is 18.5. The first kappa shape index (κ1) is 70.4. The molecule has 1 aliphatic rings. The van der Waals surface area contributed by atoms with E-state index in [1.54, 1.807) is 68.4 Å². The number of pyridine rings is 2. The van der Waals surface area contributed by atoms with E-state index in [0.29, 0.717) is 58.2 Å². The van der Waals surface area contributed by atoms with Crippen LogP contribution in [0.25, 0.3) is 33.5 Å². The van der Waals surface area contributed by atoms with E-state index in [4.69, 9.17) is 38.9 Å². The van der Waals surface area contributed by atoms with Gasteiger partial charge in [0.05, 0.1) is 114 Å². The van der Waals surface area contributed by atoms with E-state index in [-0.39, 0.29) is 139 Å². The molecule has 6 aromatic rings. The first-order chi connectivity index (χ1) is 44.8. The fraction of sp³-hybridized carbons (Fsp3) is 0.381.